The predicted molar refractivity (Wildman–Crippen MR) is 54.9 cm³/mol. The third-order valence-corrected chi connectivity index (χ3v) is 2.13. The van der Waals surface area contributed by atoms with Crippen LogP contribution in [-0.4, -0.2) is 17.0 Å². The first kappa shape index (κ1) is 9.39. The molecule has 0 saturated heterocycles. The topological polar surface area (TPSA) is 65.3 Å². The predicted octanol–water partition coefficient (Wildman–Crippen LogP) is 2.15. The highest BCUT2D eigenvalue weighted by Gasteiger charge is 2.14. The summed E-state index contributed by atoms with van der Waals surface area (Å²) in [5, 5.41) is 11.4. The number of methoxy groups -OCH3 is 1. The van der Waals surface area contributed by atoms with Crippen LogP contribution in [0.4, 0.5) is 5.69 Å². The molecule has 0 N–H and O–H groups in total. The maximum Gasteiger partial charge on any atom is 0.295 e. The summed E-state index contributed by atoms with van der Waals surface area (Å²) < 4.78 is 5.10. The van der Waals surface area contributed by atoms with Gasteiger partial charge < -0.3 is 4.74 Å². The highest BCUT2D eigenvalue weighted by atomic mass is 16.6. The van der Waals surface area contributed by atoms with Crippen molar-refractivity contribution < 1.29 is 9.66 Å². The Labute approximate surface area is 85.5 Å². The number of non-ortho nitro benzene ring substituents is 1. The average Bonchev–Trinajstić information content (AvgIpc) is 2.27. The van der Waals surface area contributed by atoms with Gasteiger partial charge in [0.15, 0.2) is 5.52 Å². The molecule has 1 heterocycles. The summed E-state index contributed by atoms with van der Waals surface area (Å²) in [5.74, 6) is 0.587. The molecule has 0 bridgehead atoms. The van der Waals surface area contributed by atoms with Gasteiger partial charge >= 0.3 is 0 Å². The number of pyridine rings is 1. The fourth-order valence-corrected chi connectivity index (χ4v) is 1.46. The Morgan fingerprint density at radius 3 is 2.87 bits per heavy atom. The van der Waals surface area contributed by atoms with Crippen molar-refractivity contribution in [3.05, 3.63) is 40.6 Å². The van der Waals surface area contributed by atoms with Crippen molar-refractivity contribution in [2.45, 2.75) is 0 Å². The first-order chi connectivity index (χ1) is 7.24. The molecule has 0 fully saturated rings. The number of ether oxygens (including phenoxy) is 1. The van der Waals surface area contributed by atoms with Crippen LogP contribution in [0.1, 0.15) is 0 Å². The molecule has 1 aromatic heterocycles. The number of nitro groups is 1. The van der Waals surface area contributed by atoms with Crippen LogP contribution in [0.2, 0.25) is 0 Å². The van der Waals surface area contributed by atoms with Crippen molar-refractivity contribution in [3.8, 4) is 5.75 Å². The Morgan fingerprint density at radius 1 is 1.40 bits per heavy atom. The van der Waals surface area contributed by atoms with Crippen LogP contribution in [0.25, 0.3) is 10.9 Å². The minimum absolute atomic E-state index is 0.00796. The summed E-state index contributed by atoms with van der Waals surface area (Å²) in [6.07, 6.45) is 1.49. The lowest BCUT2D eigenvalue weighted by Crippen LogP contribution is -1.93. The molecule has 0 saturated carbocycles. The van der Waals surface area contributed by atoms with Gasteiger partial charge in [0, 0.05) is 17.6 Å². The van der Waals surface area contributed by atoms with Gasteiger partial charge in [0.05, 0.1) is 12.0 Å². The van der Waals surface area contributed by atoms with Crippen LogP contribution in [0.15, 0.2) is 30.5 Å². The summed E-state index contributed by atoms with van der Waals surface area (Å²) in [5.41, 5.74) is 0.341. The molecular formula is C10H8N2O3. The fourth-order valence-electron chi connectivity index (χ4n) is 1.46. The summed E-state index contributed by atoms with van der Waals surface area (Å²) in [6.45, 7) is 0. The number of nitrogens with zero attached hydrogens (tertiary/aromatic N) is 2. The summed E-state index contributed by atoms with van der Waals surface area (Å²) >= 11 is 0. The smallest absolute Gasteiger partial charge is 0.295 e. The van der Waals surface area contributed by atoms with E-state index < -0.39 is 4.92 Å². The lowest BCUT2D eigenvalue weighted by atomic mass is 10.2. The largest absolute Gasteiger partial charge is 0.496 e. The number of benzene rings is 1. The van der Waals surface area contributed by atoms with Crippen LogP contribution in [0.5, 0.6) is 5.75 Å². The Bertz CT molecular complexity index is 525. The molecule has 1 aromatic carbocycles. The molecule has 0 unspecified atom stereocenters. The highest BCUT2D eigenvalue weighted by Crippen LogP contribution is 2.29. The molecule has 0 spiro atoms. The quantitative estimate of drug-likeness (QED) is 0.555. The zero-order chi connectivity index (χ0) is 10.8. The minimum Gasteiger partial charge on any atom is -0.496 e. The lowest BCUT2D eigenvalue weighted by molar-refractivity contribution is -0.383. The Hall–Kier alpha value is -2.17. The van der Waals surface area contributed by atoms with Crippen molar-refractivity contribution >= 4 is 16.6 Å². The molecule has 0 atom stereocenters. The molecule has 2 aromatic rings. The fraction of sp³-hybridized carbons (Fsp3) is 0.100. The van der Waals surface area contributed by atoms with Crippen LogP contribution in [-0.2, 0) is 0 Å². The second kappa shape index (κ2) is 3.53. The van der Waals surface area contributed by atoms with Gasteiger partial charge in [-0.3, -0.25) is 10.1 Å². The second-order valence-electron chi connectivity index (χ2n) is 2.94. The van der Waals surface area contributed by atoms with Gasteiger partial charge in [-0.05, 0) is 12.1 Å². The van der Waals surface area contributed by atoms with E-state index in [4.69, 9.17) is 4.74 Å². The normalized spacial score (nSPS) is 10.2. The summed E-state index contributed by atoms with van der Waals surface area (Å²) in [7, 11) is 1.52. The minimum atomic E-state index is -0.450. The first-order valence-electron chi connectivity index (χ1n) is 4.30. The number of rotatable bonds is 2. The van der Waals surface area contributed by atoms with Crippen LogP contribution >= 0.6 is 0 Å². The first-order valence-corrected chi connectivity index (χ1v) is 4.30. The second-order valence-corrected chi connectivity index (χ2v) is 2.94. The van der Waals surface area contributed by atoms with Crippen molar-refractivity contribution in [2.75, 3.05) is 7.11 Å². The van der Waals surface area contributed by atoms with E-state index in [0.717, 1.165) is 0 Å². The van der Waals surface area contributed by atoms with Crippen LogP contribution in [0, 0.1) is 10.1 Å². The summed E-state index contributed by atoms with van der Waals surface area (Å²) in [4.78, 5) is 14.3. The molecular weight excluding hydrogens is 196 g/mol. The molecule has 0 aliphatic carbocycles. The highest BCUT2D eigenvalue weighted by molar-refractivity contribution is 5.91. The van der Waals surface area contributed by atoms with Crippen molar-refractivity contribution in [1.82, 2.24) is 4.98 Å². The van der Waals surface area contributed by atoms with E-state index in [-0.39, 0.29) is 5.69 Å². The van der Waals surface area contributed by atoms with Crippen LogP contribution < -0.4 is 4.74 Å². The standard InChI is InChI=1S/C10H8N2O3/c1-15-9-5-6-11-10-7(9)3-2-4-8(10)12(13)14/h2-6H,1H3. The zero-order valence-corrected chi connectivity index (χ0v) is 8.01. The van der Waals surface area contributed by atoms with Gasteiger partial charge in [0.1, 0.15) is 5.75 Å². The van der Waals surface area contributed by atoms with Gasteiger partial charge in [0.2, 0.25) is 0 Å². The van der Waals surface area contributed by atoms with E-state index in [9.17, 15) is 10.1 Å². The number of hydrogen-bond acceptors (Lipinski definition) is 4. The molecule has 2 rings (SSSR count). The lowest BCUT2D eigenvalue weighted by Gasteiger charge is -2.03. The van der Waals surface area contributed by atoms with E-state index in [0.29, 0.717) is 16.7 Å². The van der Waals surface area contributed by atoms with Crippen LogP contribution in [0.3, 0.4) is 0 Å². The average molecular weight is 204 g/mol. The van der Waals surface area contributed by atoms with Gasteiger partial charge in [-0.25, -0.2) is 4.98 Å². The van der Waals surface area contributed by atoms with E-state index in [1.54, 1.807) is 18.2 Å². The van der Waals surface area contributed by atoms with E-state index in [2.05, 4.69) is 4.98 Å². The maximum atomic E-state index is 10.7. The van der Waals surface area contributed by atoms with Gasteiger partial charge in [-0.2, -0.15) is 0 Å². The molecule has 5 heteroatoms. The maximum absolute atomic E-state index is 10.7. The Morgan fingerprint density at radius 2 is 2.20 bits per heavy atom. The summed E-state index contributed by atoms with van der Waals surface area (Å²) in [6, 6.07) is 6.46. The number of hydrogen-bond donors (Lipinski definition) is 0. The van der Waals surface area contributed by atoms with Gasteiger partial charge in [0.25, 0.3) is 5.69 Å². The third-order valence-electron chi connectivity index (χ3n) is 2.13. The van der Waals surface area contributed by atoms with Crippen molar-refractivity contribution in [1.29, 1.82) is 0 Å². The number of fused-ring (bicyclic) bond motifs is 1. The molecule has 0 amide bonds. The monoisotopic (exact) mass is 204 g/mol. The molecule has 5 nitrogen and oxygen atoms in total. The zero-order valence-electron chi connectivity index (χ0n) is 8.01. The van der Waals surface area contributed by atoms with Crippen molar-refractivity contribution in [3.63, 3.8) is 0 Å². The third kappa shape index (κ3) is 1.48. The van der Waals surface area contributed by atoms with Gasteiger partial charge in [-0.15, -0.1) is 0 Å². The molecule has 0 aliphatic rings. The SMILES string of the molecule is COc1ccnc2c([N+](=O)[O-])cccc12. The Balaban J connectivity index is 2.82. The van der Waals surface area contributed by atoms with E-state index in [1.165, 1.54) is 19.4 Å². The number of nitro benzene ring substituents is 1. The van der Waals surface area contributed by atoms with E-state index in [1.807, 2.05) is 0 Å². The number of para-hydroxylation sites is 1. The molecule has 0 radical (unpaired) electrons. The van der Waals surface area contributed by atoms with E-state index >= 15 is 0 Å². The molecule has 15 heavy (non-hydrogen) atoms. The molecule has 76 valence electrons. The van der Waals surface area contributed by atoms with Gasteiger partial charge in [-0.1, -0.05) is 6.07 Å². The van der Waals surface area contributed by atoms with Crippen molar-refractivity contribution in [2.24, 2.45) is 0 Å². The number of aromatic nitrogens is 1. The molecule has 0 aliphatic heterocycles. The Kier molecular flexibility index (Phi) is 2.21.